The van der Waals surface area contributed by atoms with E-state index in [4.69, 9.17) is 19.6 Å². The molecule has 0 radical (unpaired) electrons. The molecule has 1 heterocycles. The molecular weight excluding hydrogens is 582 g/mol. The second-order valence-electron chi connectivity index (χ2n) is 10.8. The van der Waals surface area contributed by atoms with Crippen LogP contribution >= 0.6 is 15.9 Å². The summed E-state index contributed by atoms with van der Waals surface area (Å²) in [5.41, 5.74) is 7.63. The number of carbonyl (C=O) groups excluding carboxylic acids is 1. The van der Waals surface area contributed by atoms with Crippen molar-refractivity contribution in [3.8, 4) is 5.75 Å². The number of hydrazine groups is 1. The second-order valence-corrected chi connectivity index (χ2v) is 11.7. The number of carbonyl (C=O) groups is 1. The summed E-state index contributed by atoms with van der Waals surface area (Å²) in [4.78, 5) is 19.4. The monoisotopic (exact) mass is 619 g/mol. The first-order chi connectivity index (χ1) is 20.1. The Morgan fingerprint density at radius 3 is 2.46 bits per heavy atom. The van der Waals surface area contributed by atoms with Crippen molar-refractivity contribution >= 4 is 27.7 Å². The molecule has 0 unspecified atom stereocenters. The smallest absolute Gasteiger partial charge is 0.266 e. The van der Waals surface area contributed by atoms with Gasteiger partial charge in [0.2, 0.25) is 5.90 Å². The van der Waals surface area contributed by atoms with E-state index < -0.39 is 11.6 Å². The predicted octanol–water partition coefficient (Wildman–Crippen LogP) is 5.91. The molecule has 0 aromatic heterocycles. The van der Waals surface area contributed by atoms with Crippen molar-refractivity contribution in [3.63, 3.8) is 0 Å². The van der Waals surface area contributed by atoms with Gasteiger partial charge < -0.3 is 14.6 Å². The van der Waals surface area contributed by atoms with Gasteiger partial charge in [-0.15, -0.1) is 0 Å². The highest BCUT2D eigenvalue weighted by Gasteiger charge is 2.54. The fourth-order valence-corrected chi connectivity index (χ4v) is 6.12. The summed E-state index contributed by atoms with van der Waals surface area (Å²) in [5.74, 6) is 1.44. The number of nitrogens with one attached hydrogen (secondary N) is 2. The zero-order valence-electron chi connectivity index (χ0n) is 23.2. The quantitative estimate of drug-likeness (QED) is 0.173. The Kier molecular flexibility index (Phi) is 10.1. The van der Waals surface area contributed by atoms with Gasteiger partial charge >= 0.3 is 0 Å². The van der Waals surface area contributed by atoms with Crippen LogP contribution in [0.2, 0.25) is 0 Å². The van der Waals surface area contributed by atoms with Gasteiger partial charge in [-0.05, 0) is 54.7 Å². The molecule has 1 amide bonds. The summed E-state index contributed by atoms with van der Waals surface area (Å²) >= 11 is 3.70. The second kappa shape index (κ2) is 14.1. The summed E-state index contributed by atoms with van der Waals surface area (Å²) in [7, 11) is 0. The summed E-state index contributed by atoms with van der Waals surface area (Å²) < 4.78 is 13.2. The van der Waals surface area contributed by atoms with E-state index in [0.717, 1.165) is 27.7 Å². The van der Waals surface area contributed by atoms with Crippen molar-refractivity contribution in [2.75, 3.05) is 19.8 Å². The van der Waals surface area contributed by atoms with Crippen molar-refractivity contribution in [1.29, 1.82) is 0 Å². The molecule has 0 saturated heterocycles. The van der Waals surface area contributed by atoms with Crippen molar-refractivity contribution in [2.24, 2.45) is 10.9 Å². The number of hydrogen-bond acceptors (Lipinski definition) is 6. The van der Waals surface area contributed by atoms with Gasteiger partial charge in [-0.3, -0.25) is 10.2 Å². The van der Waals surface area contributed by atoms with E-state index in [-0.39, 0.29) is 12.5 Å². The zero-order valence-corrected chi connectivity index (χ0v) is 24.8. The highest BCUT2D eigenvalue weighted by atomic mass is 79.9. The van der Waals surface area contributed by atoms with E-state index in [1.165, 1.54) is 32.1 Å². The molecule has 5 rings (SSSR count). The molecule has 1 saturated carbocycles. The van der Waals surface area contributed by atoms with Crippen LogP contribution in [-0.2, 0) is 16.0 Å². The van der Waals surface area contributed by atoms with Gasteiger partial charge in [-0.25, -0.2) is 10.4 Å². The molecule has 3 N–H and O–H groups in total. The maximum absolute atomic E-state index is 14.3. The Balaban J connectivity index is 1.48. The fourth-order valence-electron chi connectivity index (χ4n) is 5.63. The number of rotatable bonds is 12. The van der Waals surface area contributed by atoms with Crippen molar-refractivity contribution < 1.29 is 19.4 Å². The van der Waals surface area contributed by atoms with Gasteiger partial charge in [0.1, 0.15) is 5.75 Å². The first-order valence-corrected chi connectivity index (χ1v) is 15.3. The molecule has 8 heteroatoms. The number of nitrogens with zero attached hydrogens (tertiary/aromatic N) is 1. The lowest BCUT2D eigenvalue weighted by Crippen LogP contribution is -2.54. The summed E-state index contributed by atoms with van der Waals surface area (Å²) in [6, 6.07) is 25.3. The summed E-state index contributed by atoms with van der Waals surface area (Å²) in [6.07, 6.45) is 6.42. The van der Waals surface area contributed by atoms with Crippen LogP contribution in [0.3, 0.4) is 0 Å². The number of aliphatic hydroxyl groups is 1. The molecule has 7 nitrogen and oxygen atoms in total. The Morgan fingerprint density at radius 1 is 1.00 bits per heavy atom. The normalized spacial score (nSPS) is 20.7. The highest BCUT2D eigenvalue weighted by molar-refractivity contribution is 9.10. The van der Waals surface area contributed by atoms with Crippen LogP contribution < -0.4 is 15.6 Å². The van der Waals surface area contributed by atoms with Gasteiger partial charge in [-0.1, -0.05) is 83.7 Å². The first kappa shape index (κ1) is 29.3. The minimum atomic E-state index is -1.25. The van der Waals surface area contributed by atoms with E-state index in [9.17, 15) is 4.79 Å². The SMILES string of the molecule is O=C(NNCC1CCCCC1)[C@@]1(Cc2ccccc2)N=C(c2ccc(OCCCO)cc2)O[C@H]1c1ccccc1Br. The zero-order chi connectivity index (χ0) is 28.5. The van der Waals surface area contributed by atoms with Gasteiger partial charge in [0.15, 0.2) is 11.6 Å². The molecular formula is C33H38BrN3O4. The molecule has 1 aliphatic carbocycles. The van der Waals surface area contributed by atoms with E-state index in [1.54, 1.807) is 0 Å². The molecule has 2 aliphatic rings. The van der Waals surface area contributed by atoms with Gasteiger partial charge in [0.25, 0.3) is 5.91 Å². The molecule has 0 bridgehead atoms. The topological polar surface area (TPSA) is 92.2 Å². The van der Waals surface area contributed by atoms with Crippen LogP contribution in [0, 0.1) is 5.92 Å². The van der Waals surface area contributed by atoms with Crippen LogP contribution in [0.15, 0.2) is 88.3 Å². The third-order valence-corrected chi connectivity index (χ3v) is 8.57. The third kappa shape index (κ3) is 7.18. The van der Waals surface area contributed by atoms with Crippen LogP contribution in [0.4, 0.5) is 0 Å². The van der Waals surface area contributed by atoms with E-state index in [1.807, 2.05) is 78.9 Å². The van der Waals surface area contributed by atoms with E-state index >= 15 is 0 Å². The largest absolute Gasteiger partial charge is 0.494 e. The molecule has 3 aromatic rings. The van der Waals surface area contributed by atoms with Crippen LogP contribution in [-0.4, -0.2) is 42.2 Å². The molecule has 3 aromatic carbocycles. The van der Waals surface area contributed by atoms with Crippen LogP contribution in [0.1, 0.15) is 61.3 Å². The molecule has 0 spiro atoms. The Labute approximate surface area is 250 Å². The van der Waals surface area contributed by atoms with Crippen molar-refractivity contribution in [1.82, 2.24) is 10.9 Å². The third-order valence-electron chi connectivity index (χ3n) is 7.85. The molecule has 1 aliphatic heterocycles. The van der Waals surface area contributed by atoms with Gasteiger partial charge in [-0.2, -0.15) is 0 Å². The lowest BCUT2D eigenvalue weighted by atomic mass is 9.82. The lowest BCUT2D eigenvalue weighted by Gasteiger charge is -2.31. The molecule has 216 valence electrons. The number of amides is 1. The minimum Gasteiger partial charge on any atom is -0.494 e. The lowest BCUT2D eigenvalue weighted by molar-refractivity contribution is -0.130. The highest BCUT2D eigenvalue weighted by Crippen LogP contribution is 2.44. The molecule has 2 atom stereocenters. The summed E-state index contributed by atoms with van der Waals surface area (Å²) in [5, 5.41) is 9.04. The van der Waals surface area contributed by atoms with E-state index in [2.05, 4.69) is 26.8 Å². The van der Waals surface area contributed by atoms with E-state index in [0.29, 0.717) is 37.0 Å². The Bertz CT molecular complexity index is 1310. The number of hydrogen-bond donors (Lipinski definition) is 3. The molecule has 41 heavy (non-hydrogen) atoms. The van der Waals surface area contributed by atoms with Crippen LogP contribution in [0.25, 0.3) is 0 Å². The average molecular weight is 621 g/mol. The standard InChI is InChI=1S/C33H38BrN3O4/c34-29-15-8-7-14-28(29)30-33(22-24-10-3-1-4-11-24,32(39)37-35-23-25-12-5-2-6-13-25)36-31(41-30)26-16-18-27(19-17-26)40-21-9-20-38/h1,3-4,7-8,10-11,14-19,25,30,35,38H,2,5-6,9,12-13,20-23H2,(H,37,39)/t30-,33-/m0/s1. The number of halogens is 1. The van der Waals surface area contributed by atoms with Crippen molar-refractivity contribution in [2.45, 2.75) is 56.6 Å². The maximum Gasteiger partial charge on any atom is 0.266 e. The van der Waals surface area contributed by atoms with Crippen molar-refractivity contribution in [3.05, 3.63) is 100 Å². The fraction of sp³-hybridized carbons (Fsp3) is 0.394. The maximum atomic E-state index is 14.3. The molecule has 1 fully saturated rings. The number of aliphatic hydroxyl groups excluding tert-OH is 1. The first-order valence-electron chi connectivity index (χ1n) is 14.5. The number of aliphatic imine (C=N–C) groups is 1. The Morgan fingerprint density at radius 2 is 1.73 bits per heavy atom. The van der Waals surface area contributed by atoms with Crippen LogP contribution in [0.5, 0.6) is 5.75 Å². The average Bonchev–Trinajstić information content (AvgIpc) is 3.39. The minimum absolute atomic E-state index is 0.0836. The summed E-state index contributed by atoms with van der Waals surface area (Å²) in [6.45, 7) is 1.26. The Hall–Kier alpha value is -3.20. The van der Waals surface area contributed by atoms with Gasteiger partial charge in [0.05, 0.1) is 6.61 Å². The predicted molar refractivity (Wildman–Crippen MR) is 164 cm³/mol. The number of ether oxygens (including phenoxy) is 2. The van der Waals surface area contributed by atoms with Gasteiger partial charge in [0, 0.05) is 41.6 Å². The number of benzene rings is 3.